The van der Waals surface area contributed by atoms with Gasteiger partial charge in [-0.3, -0.25) is 0 Å². The number of nitrogens with zero attached hydrogens (tertiary/aromatic N) is 2. The molecule has 2 aromatic heterocycles. The summed E-state index contributed by atoms with van der Waals surface area (Å²) in [5.74, 6) is 0. The summed E-state index contributed by atoms with van der Waals surface area (Å²) in [4.78, 5) is 4.81. The van der Waals surface area contributed by atoms with Crippen molar-refractivity contribution in [2.45, 2.75) is 53.1 Å². The van der Waals surface area contributed by atoms with Crippen molar-refractivity contribution < 1.29 is 8.83 Å². The highest BCUT2D eigenvalue weighted by Gasteiger charge is 2.28. The second kappa shape index (κ2) is 18.0. The quantitative estimate of drug-likeness (QED) is 0.101. The Morgan fingerprint density at radius 1 is 0.295 bits per heavy atom. The fourth-order valence-electron chi connectivity index (χ4n) is 12.4. The minimum absolute atomic E-state index is 0.855. The molecule has 6 heteroatoms. The van der Waals surface area contributed by atoms with Gasteiger partial charge in [0.2, 0.25) is 0 Å². The van der Waals surface area contributed by atoms with Crippen LogP contribution in [0.1, 0.15) is 11.1 Å². The first-order valence-electron chi connectivity index (χ1n) is 27.3. The molecule has 0 fully saturated rings. The van der Waals surface area contributed by atoms with Gasteiger partial charge in [0.15, 0.2) is 11.2 Å². The number of para-hydroxylation sites is 6. The van der Waals surface area contributed by atoms with Gasteiger partial charge < -0.3 is 18.6 Å². The molecule has 0 aliphatic heterocycles. The molecule has 0 N–H and O–H groups in total. The second-order valence-corrected chi connectivity index (χ2v) is 33.5. The number of hydrogen-bond acceptors (Lipinski definition) is 4. The molecule has 0 atom stereocenters. The van der Waals surface area contributed by atoms with Crippen molar-refractivity contribution in [3.63, 3.8) is 0 Å². The van der Waals surface area contributed by atoms with Crippen molar-refractivity contribution in [1.82, 2.24) is 0 Å². The van der Waals surface area contributed by atoms with E-state index in [9.17, 15) is 0 Å². The van der Waals surface area contributed by atoms with E-state index in [1.165, 1.54) is 54.2 Å². The van der Waals surface area contributed by atoms with Crippen LogP contribution < -0.4 is 20.2 Å². The molecule has 0 spiro atoms. The van der Waals surface area contributed by atoms with Gasteiger partial charge in [0.25, 0.3) is 0 Å². The number of fused-ring (bicyclic) bond motifs is 6. The number of hydrogen-bond donors (Lipinski definition) is 0. The molecule has 378 valence electrons. The molecule has 0 amide bonds. The van der Waals surface area contributed by atoms with Crippen LogP contribution in [0.15, 0.2) is 227 Å². The number of benzene rings is 12. The van der Waals surface area contributed by atoms with Gasteiger partial charge in [0.05, 0.1) is 38.9 Å². The van der Waals surface area contributed by atoms with E-state index in [-0.39, 0.29) is 0 Å². The highest BCUT2D eigenvalue weighted by Crippen LogP contribution is 2.51. The summed E-state index contributed by atoms with van der Waals surface area (Å²) in [6, 6.07) is 80.4. The predicted octanol–water partition coefficient (Wildman–Crippen LogP) is 20.4. The Labute approximate surface area is 457 Å². The lowest BCUT2D eigenvalue weighted by Crippen LogP contribution is -2.37. The monoisotopic (exact) mass is 1040 g/mol. The molecular formula is C72H60N2O2Si2. The third-order valence-corrected chi connectivity index (χ3v) is 20.5. The van der Waals surface area contributed by atoms with Crippen molar-refractivity contribution in [3.8, 4) is 22.3 Å². The normalized spacial score (nSPS) is 12.4. The number of anilines is 6. The Bertz CT molecular complexity index is 4380. The Balaban J connectivity index is 0.961. The predicted molar refractivity (Wildman–Crippen MR) is 340 cm³/mol. The molecule has 12 aromatic carbocycles. The van der Waals surface area contributed by atoms with Gasteiger partial charge in [-0.1, -0.05) is 220 Å². The van der Waals surface area contributed by atoms with Gasteiger partial charge in [0.1, 0.15) is 11.2 Å². The van der Waals surface area contributed by atoms with Crippen LogP contribution in [-0.4, -0.2) is 16.1 Å². The van der Waals surface area contributed by atoms with Crippen molar-refractivity contribution in [2.75, 3.05) is 9.80 Å². The Morgan fingerprint density at radius 2 is 0.667 bits per heavy atom. The number of furan rings is 2. The molecule has 14 rings (SSSR count). The third kappa shape index (κ3) is 7.60. The molecule has 78 heavy (non-hydrogen) atoms. The van der Waals surface area contributed by atoms with Gasteiger partial charge in [-0.2, -0.15) is 0 Å². The molecule has 4 nitrogen and oxygen atoms in total. The molecule has 0 bridgehead atoms. The van der Waals surface area contributed by atoms with Gasteiger partial charge in [-0.05, 0) is 106 Å². The maximum Gasteiger partial charge on any atom is 0.159 e. The second-order valence-electron chi connectivity index (χ2n) is 23.4. The summed E-state index contributed by atoms with van der Waals surface area (Å²) in [7, 11) is -2.99. The summed E-state index contributed by atoms with van der Waals surface area (Å²) in [6.45, 7) is 18.9. The van der Waals surface area contributed by atoms with Crippen LogP contribution in [-0.2, 0) is 0 Å². The average molecular weight is 1040 g/mol. The highest BCUT2D eigenvalue weighted by atomic mass is 28.3. The molecule has 0 saturated heterocycles. The van der Waals surface area contributed by atoms with Crippen LogP contribution in [0.4, 0.5) is 34.1 Å². The molecule has 0 saturated carbocycles. The zero-order valence-corrected chi connectivity index (χ0v) is 47.5. The van der Waals surface area contributed by atoms with E-state index in [2.05, 4.69) is 281 Å². The first kappa shape index (κ1) is 47.7. The molecule has 0 aliphatic carbocycles. The van der Waals surface area contributed by atoms with Crippen molar-refractivity contribution in [2.24, 2.45) is 0 Å². The highest BCUT2D eigenvalue weighted by molar-refractivity contribution is 6.89. The maximum atomic E-state index is 7.25. The van der Waals surface area contributed by atoms with Crippen LogP contribution in [0.3, 0.4) is 0 Å². The summed E-state index contributed by atoms with van der Waals surface area (Å²) < 4.78 is 14.5. The average Bonchev–Trinajstić information content (AvgIpc) is 4.14. The van der Waals surface area contributed by atoms with Gasteiger partial charge in [0, 0.05) is 54.8 Å². The van der Waals surface area contributed by atoms with Crippen LogP contribution in [0.5, 0.6) is 0 Å². The summed E-state index contributed by atoms with van der Waals surface area (Å²) in [6.07, 6.45) is 0. The van der Waals surface area contributed by atoms with Crippen LogP contribution >= 0.6 is 0 Å². The number of rotatable bonds is 10. The van der Waals surface area contributed by atoms with Crippen molar-refractivity contribution >= 4 is 137 Å². The largest absolute Gasteiger partial charge is 0.453 e. The van der Waals surface area contributed by atoms with E-state index < -0.39 is 16.1 Å². The van der Waals surface area contributed by atoms with Crippen LogP contribution in [0, 0.1) is 13.8 Å². The Hall–Kier alpha value is -8.69. The first-order valence-corrected chi connectivity index (χ1v) is 34.3. The summed E-state index contributed by atoms with van der Waals surface area (Å²) >= 11 is 0. The third-order valence-electron chi connectivity index (χ3n) is 16.4. The lowest BCUT2D eigenvalue weighted by atomic mass is 9.91. The molecular weight excluding hydrogens is 981 g/mol. The lowest BCUT2D eigenvalue weighted by Gasteiger charge is -2.29. The smallest absolute Gasteiger partial charge is 0.159 e. The molecule has 14 aromatic rings. The Kier molecular flexibility index (Phi) is 11.0. The standard InChI is InChI=1S/C72H60N2O2Si2/c1-45-43-51(77(3,4)5)35-39-53(45)55-23-15-25-57-59-27-17-29-65(71(59)75-69(55)57)73(49-19-11-9-12-20-49)63-41-33-47-32-38-62-64(42-34-48-31-37-61(63)67(47)68(48)62)74(50-21-13-10-14-22-50)66-30-18-28-60-58-26-16-24-56(70(58)76-72(60)66)54-40-36-52(44-46(54)2)78(6,7)8/h9-44H,1-8H3. The first-order chi connectivity index (χ1) is 37.8. The van der Waals surface area contributed by atoms with E-state index >= 15 is 0 Å². The molecule has 2 heterocycles. The zero-order chi connectivity index (χ0) is 53.2. The van der Waals surface area contributed by atoms with E-state index in [0.29, 0.717) is 0 Å². The van der Waals surface area contributed by atoms with E-state index in [1.54, 1.807) is 0 Å². The molecule has 0 unspecified atom stereocenters. The summed E-state index contributed by atoms with van der Waals surface area (Å²) in [5.41, 5.74) is 16.9. The van der Waals surface area contributed by atoms with Crippen LogP contribution in [0.25, 0.3) is 98.4 Å². The van der Waals surface area contributed by atoms with Gasteiger partial charge >= 0.3 is 0 Å². The van der Waals surface area contributed by atoms with E-state index in [1.807, 2.05) is 0 Å². The molecule has 0 radical (unpaired) electrons. The SMILES string of the molecule is Cc1cc([Si](C)(C)C)ccc1-c1cccc2c1oc1c(N(c3ccccc3)c3ccc4ccc5c(N(c6ccccc6)c6cccc7c6oc6c(-c8ccc([Si](C)(C)C)cc8C)cccc67)ccc6ccc3c4c65)cccc12. The molecule has 0 aliphatic rings. The van der Waals surface area contributed by atoms with Gasteiger partial charge in [-0.15, -0.1) is 0 Å². The maximum absolute atomic E-state index is 7.25. The van der Waals surface area contributed by atoms with Crippen molar-refractivity contribution in [3.05, 3.63) is 230 Å². The fourth-order valence-corrected chi connectivity index (χ4v) is 14.8. The number of aryl methyl sites for hydroxylation is 2. The summed E-state index contributed by atoms with van der Waals surface area (Å²) in [5, 5.41) is 14.4. The van der Waals surface area contributed by atoms with Gasteiger partial charge in [-0.25, -0.2) is 0 Å². The minimum Gasteiger partial charge on any atom is -0.453 e. The lowest BCUT2D eigenvalue weighted by molar-refractivity contribution is 0.670. The Morgan fingerprint density at radius 3 is 1.05 bits per heavy atom. The van der Waals surface area contributed by atoms with E-state index in [0.717, 1.165) is 99.9 Å². The minimum atomic E-state index is -1.50. The van der Waals surface area contributed by atoms with E-state index in [4.69, 9.17) is 8.83 Å². The zero-order valence-electron chi connectivity index (χ0n) is 45.5. The van der Waals surface area contributed by atoms with Crippen molar-refractivity contribution in [1.29, 1.82) is 0 Å². The fraction of sp³-hybridized carbons (Fsp3) is 0.111. The van der Waals surface area contributed by atoms with Crippen LogP contribution in [0.2, 0.25) is 39.3 Å². The topological polar surface area (TPSA) is 32.8 Å².